The zero-order chi connectivity index (χ0) is 34.7. The van der Waals surface area contributed by atoms with Crippen LogP contribution in [0.1, 0.15) is 22.3 Å². The fourth-order valence-corrected chi connectivity index (χ4v) is 9.75. The number of fused-ring (bicyclic) bond motifs is 17. The highest BCUT2D eigenvalue weighted by Gasteiger charge is 2.52. The van der Waals surface area contributed by atoms with Crippen molar-refractivity contribution in [3.63, 3.8) is 0 Å². The van der Waals surface area contributed by atoms with Gasteiger partial charge in [-0.2, -0.15) is 0 Å². The van der Waals surface area contributed by atoms with E-state index in [9.17, 15) is 0 Å². The van der Waals surface area contributed by atoms with Crippen molar-refractivity contribution in [1.82, 2.24) is 0 Å². The maximum Gasteiger partial charge on any atom is 0.135 e. The second-order valence-corrected chi connectivity index (χ2v) is 14.4. The van der Waals surface area contributed by atoms with Crippen molar-refractivity contribution in [3.05, 3.63) is 210 Å². The molecule has 2 heteroatoms. The minimum Gasteiger partial charge on any atom is -0.456 e. The van der Waals surface area contributed by atoms with E-state index in [4.69, 9.17) is 4.42 Å². The minimum atomic E-state index is -0.435. The molecule has 0 N–H and O–H groups in total. The molecule has 0 saturated heterocycles. The highest BCUT2D eigenvalue weighted by molar-refractivity contribution is 6.11. The molecule has 53 heavy (non-hydrogen) atoms. The van der Waals surface area contributed by atoms with Gasteiger partial charge >= 0.3 is 0 Å². The van der Waals surface area contributed by atoms with Crippen LogP contribution in [-0.4, -0.2) is 0 Å². The van der Waals surface area contributed by atoms with Crippen molar-refractivity contribution in [2.24, 2.45) is 0 Å². The molecule has 1 heterocycles. The summed E-state index contributed by atoms with van der Waals surface area (Å²) in [6, 6.07) is 69.1. The predicted octanol–water partition coefficient (Wildman–Crippen LogP) is 13.7. The molecule has 0 atom stereocenters. The van der Waals surface area contributed by atoms with Crippen molar-refractivity contribution < 1.29 is 4.42 Å². The van der Waals surface area contributed by atoms with E-state index in [1.807, 2.05) is 12.1 Å². The quantitative estimate of drug-likeness (QED) is 0.186. The third kappa shape index (κ3) is 3.77. The van der Waals surface area contributed by atoms with Gasteiger partial charge in [-0.15, -0.1) is 0 Å². The second-order valence-electron chi connectivity index (χ2n) is 14.4. The maximum atomic E-state index is 6.23. The van der Waals surface area contributed by atoms with E-state index in [1.54, 1.807) is 0 Å². The zero-order valence-electron chi connectivity index (χ0n) is 28.8. The van der Waals surface area contributed by atoms with Crippen LogP contribution in [0.15, 0.2) is 192 Å². The molecule has 0 aliphatic heterocycles. The number of furan rings is 1. The Balaban J connectivity index is 1.14. The van der Waals surface area contributed by atoms with Gasteiger partial charge in [-0.05, 0) is 115 Å². The molecular formula is C51H31NO. The van der Waals surface area contributed by atoms with E-state index in [-0.39, 0.29) is 0 Å². The fourth-order valence-electron chi connectivity index (χ4n) is 9.75. The summed E-state index contributed by atoms with van der Waals surface area (Å²) in [7, 11) is 0. The first-order valence-electron chi connectivity index (χ1n) is 18.3. The predicted molar refractivity (Wildman–Crippen MR) is 220 cm³/mol. The lowest BCUT2D eigenvalue weighted by atomic mass is 9.69. The molecule has 2 aliphatic carbocycles. The third-order valence-electron chi connectivity index (χ3n) is 11.8. The molecular weight excluding hydrogens is 643 g/mol. The van der Waals surface area contributed by atoms with Crippen molar-refractivity contribution >= 4 is 60.5 Å². The Kier molecular flexibility index (Phi) is 5.73. The number of hydrogen-bond donors (Lipinski definition) is 0. The first kappa shape index (κ1) is 28.8. The van der Waals surface area contributed by atoms with E-state index in [0.717, 1.165) is 39.0 Å². The standard InChI is InChI=1S/C51H31NO/c1-2-13-34(14-3-1)52(36-25-29-48-43(31-36)41-18-8-11-21-47(41)53-48)35-24-27-38-33(30-35)22-26-42-49-37-15-5-4-12-32(37)23-28-46(49)51(50(38)42)44-19-9-6-16-39(44)40-17-7-10-20-45(40)51/h1-31H. The summed E-state index contributed by atoms with van der Waals surface area (Å²) >= 11 is 0. The van der Waals surface area contributed by atoms with Crippen molar-refractivity contribution in [3.8, 4) is 22.3 Å². The molecule has 12 rings (SSSR count). The molecule has 246 valence electrons. The molecule has 2 aliphatic rings. The Labute approximate surface area is 306 Å². The van der Waals surface area contributed by atoms with Crippen LogP contribution < -0.4 is 4.90 Å². The zero-order valence-corrected chi connectivity index (χ0v) is 28.8. The number of rotatable bonds is 3. The second kappa shape index (κ2) is 10.6. The van der Waals surface area contributed by atoms with Crippen LogP contribution in [0.2, 0.25) is 0 Å². The summed E-state index contributed by atoms with van der Waals surface area (Å²) in [5.74, 6) is 0. The number of nitrogens with zero attached hydrogens (tertiary/aromatic N) is 1. The summed E-state index contributed by atoms with van der Waals surface area (Å²) in [6.07, 6.45) is 0. The molecule has 1 spiro atoms. The number of anilines is 3. The Bertz CT molecular complexity index is 3090. The lowest BCUT2D eigenvalue weighted by Gasteiger charge is -2.32. The van der Waals surface area contributed by atoms with Crippen LogP contribution >= 0.6 is 0 Å². The molecule has 0 fully saturated rings. The van der Waals surface area contributed by atoms with E-state index in [2.05, 4.69) is 181 Å². The highest BCUT2D eigenvalue weighted by atomic mass is 16.3. The Morgan fingerprint density at radius 2 is 1.00 bits per heavy atom. The topological polar surface area (TPSA) is 16.4 Å². The molecule has 0 amide bonds. The molecule has 10 aromatic rings. The van der Waals surface area contributed by atoms with Gasteiger partial charge in [-0.3, -0.25) is 0 Å². The summed E-state index contributed by atoms with van der Waals surface area (Å²) in [6.45, 7) is 0. The Morgan fingerprint density at radius 3 is 1.83 bits per heavy atom. The molecule has 0 unspecified atom stereocenters. The van der Waals surface area contributed by atoms with E-state index in [0.29, 0.717) is 0 Å². The van der Waals surface area contributed by atoms with Gasteiger partial charge in [0.1, 0.15) is 11.2 Å². The number of benzene rings is 9. The van der Waals surface area contributed by atoms with Gasteiger partial charge in [0.25, 0.3) is 0 Å². The summed E-state index contributed by atoms with van der Waals surface area (Å²) in [5, 5.41) is 7.31. The lowest BCUT2D eigenvalue weighted by Crippen LogP contribution is -2.26. The normalized spacial score (nSPS) is 13.4. The van der Waals surface area contributed by atoms with Crippen LogP contribution in [0.4, 0.5) is 17.1 Å². The first-order chi connectivity index (χ1) is 26.3. The SMILES string of the molecule is c1ccc(N(c2ccc3c4c(ccc3c2)-c2c(ccc3ccccc23)C42c3ccccc3-c3ccccc32)c2ccc3oc4ccccc4c3c2)cc1. The molecule has 0 bridgehead atoms. The molecule has 0 radical (unpaired) electrons. The van der Waals surface area contributed by atoms with Crippen LogP contribution in [0.5, 0.6) is 0 Å². The van der Waals surface area contributed by atoms with Crippen molar-refractivity contribution in [2.45, 2.75) is 5.41 Å². The van der Waals surface area contributed by atoms with Gasteiger partial charge in [-0.25, -0.2) is 0 Å². The summed E-state index contributed by atoms with van der Waals surface area (Å²) in [5.41, 5.74) is 15.4. The van der Waals surface area contributed by atoms with E-state index in [1.165, 1.54) is 66.1 Å². The monoisotopic (exact) mass is 673 g/mol. The summed E-state index contributed by atoms with van der Waals surface area (Å²) < 4.78 is 6.23. The van der Waals surface area contributed by atoms with Crippen LogP contribution in [-0.2, 0) is 5.41 Å². The van der Waals surface area contributed by atoms with E-state index < -0.39 is 5.41 Å². The van der Waals surface area contributed by atoms with Gasteiger partial charge in [-0.1, -0.05) is 140 Å². The molecule has 2 nitrogen and oxygen atoms in total. The Morgan fingerprint density at radius 1 is 0.358 bits per heavy atom. The van der Waals surface area contributed by atoms with Gasteiger partial charge in [0.15, 0.2) is 0 Å². The average Bonchev–Trinajstić information content (AvgIpc) is 3.85. The van der Waals surface area contributed by atoms with Crippen LogP contribution in [0, 0.1) is 0 Å². The van der Waals surface area contributed by atoms with E-state index >= 15 is 0 Å². The maximum absolute atomic E-state index is 6.23. The highest BCUT2D eigenvalue weighted by Crippen LogP contribution is 2.65. The first-order valence-corrected chi connectivity index (χ1v) is 18.3. The van der Waals surface area contributed by atoms with Gasteiger partial charge in [0.05, 0.1) is 5.41 Å². The smallest absolute Gasteiger partial charge is 0.135 e. The summed E-state index contributed by atoms with van der Waals surface area (Å²) in [4.78, 5) is 2.37. The van der Waals surface area contributed by atoms with Crippen LogP contribution in [0.25, 0.3) is 65.7 Å². The lowest BCUT2D eigenvalue weighted by molar-refractivity contribution is 0.669. The van der Waals surface area contributed by atoms with Crippen LogP contribution in [0.3, 0.4) is 0 Å². The molecule has 9 aromatic carbocycles. The Hall–Kier alpha value is -6.90. The van der Waals surface area contributed by atoms with Crippen molar-refractivity contribution in [2.75, 3.05) is 4.90 Å². The molecule has 1 aromatic heterocycles. The number of hydrogen-bond acceptors (Lipinski definition) is 2. The van der Waals surface area contributed by atoms with Gasteiger partial charge < -0.3 is 9.32 Å². The van der Waals surface area contributed by atoms with Gasteiger partial charge in [0.2, 0.25) is 0 Å². The number of para-hydroxylation sites is 2. The largest absolute Gasteiger partial charge is 0.456 e. The van der Waals surface area contributed by atoms with Crippen molar-refractivity contribution in [1.29, 1.82) is 0 Å². The third-order valence-corrected chi connectivity index (χ3v) is 11.8. The van der Waals surface area contributed by atoms with Gasteiger partial charge in [0, 0.05) is 27.8 Å². The minimum absolute atomic E-state index is 0.435. The molecule has 0 saturated carbocycles. The average molecular weight is 674 g/mol. The fraction of sp³-hybridized carbons (Fsp3) is 0.0196.